The second kappa shape index (κ2) is 8.50. The lowest BCUT2D eigenvalue weighted by Crippen LogP contribution is -2.39. The zero-order valence-electron chi connectivity index (χ0n) is 12.1. The van der Waals surface area contributed by atoms with Crippen molar-refractivity contribution < 1.29 is 19.5 Å². The van der Waals surface area contributed by atoms with Crippen molar-refractivity contribution in [3.8, 4) is 0 Å². The minimum absolute atomic E-state index is 0.00530. The fraction of sp³-hybridized carbons (Fsp3) is 0.769. The largest absolute Gasteiger partial charge is 0.481 e. The van der Waals surface area contributed by atoms with Crippen molar-refractivity contribution in [3.63, 3.8) is 0 Å². The number of likely N-dealkylation sites (N-methyl/N-ethyl adjacent to an activating group) is 1. The van der Waals surface area contributed by atoms with Gasteiger partial charge < -0.3 is 15.3 Å². The monoisotopic (exact) mass is 272 g/mol. The van der Waals surface area contributed by atoms with Gasteiger partial charge in [-0.3, -0.25) is 14.4 Å². The summed E-state index contributed by atoms with van der Waals surface area (Å²) in [4.78, 5) is 35.1. The van der Waals surface area contributed by atoms with Crippen molar-refractivity contribution in [1.29, 1.82) is 0 Å². The summed E-state index contributed by atoms with van der Waals surface area (Å²) in [5.41, 5.74) is 0. The summed E-state index contributed by atoms with van der Waals surface area (Å²) in [5.74, 6) is -1.20. The first-order valence-corrected chi connectivity index (χ1v) is 6.44. The lowest BCUT2D eigenvalue weighted by molar-refractivity contribution is -0.139. The number of carboxylic acid groups (broad SMARTS) is 1. The molecule has 0 aliphatic heterocycles. The number of hydrogen-bond acceptors (Lipinski definition) is 3. The first kappa shape index (κ1) is 17.4. The molecule has 2 N–H and O–H groups in total. The Labute approximate surface area is 114 Å². The standard InChI is InChI=1S/C13H24N2O4/c1-9(2)7-14-11(16)8-15(4)12(17)5-10(3)6-13(18)19/h9-10H,5-8H2,1-4H3,(H,14,16)(H,18,19). The van der Waals surface area contributed by atoms with Crippen molar-refractivity contribution in [2.24, 2.45) is 11.8 Å². The van der Waals surface area contributed by atoms with E-state index in [0.717, 1.165) is 0 Å². The number of aliphatic carboxylic acids is 1. The third-order valence-electron chi connectivity index (χ3n) is 2.56. The second-order valence-electron chi connectivity index (χ2n) is 5.35. The summed E-state index contributed by atoms with van der Waals surface area (Å²) in [6, 6.07) is 0. The fourth-order valence-corrected chi connectivity index (χ4v) is 1.50. The molecule has 0 heterocycles. The highest BCUT2D eigenvalue weighted by atomic mass is 16.4. The van der Waals surface area contributed by atoms with Crippen LogP contribution in [-0.4, -0.2) is 47.9 Å². The number of carbonyl (C=O) groups excluding carboxylic acids is 2. The number of nitrogens with one attached hydrogen (secondary N) is 1. The molecule has 0 fully saturated rings. The smallest absolute Gasteiger partial charge is 0.303 e. The first-order valence-electron chi connectivity index (χ1n) is 6.44. The van der Waals surface area contributed by atoms with E-state index >= 15 is 0 Å². The molecule has 0 saturated carbocycles. The Morgan fingerprint density at radius 2 is 1.74 bits per heavy atom. The van der Waals surface area contributed by atoms with Gasteiger partial charge in [0, 0.05) is 26.4 Å². The molecule has 0 saturated heterocycles. The molecule has 2 amide bonds. The topological polar surface area (TPSA) is 86.7 Å². The third-order valence-corrected chi connectivity index (χ3v) is 2.56. The molecule has 110 valence electrons. The molecule has 0 bridgehead atoms. The number of nitrogens with zero attached hydrogens (tertiary/aromatic N) is 1. The van der Waals surface area contributed by atoms with Gasteiger partial charge in [-0.1, -0.05) is 20.8 Å². The maximum atomic E-state index is 11.8. The SMILES string of the molecule is CC(C)CNC(=O)CN(C)C(=O)CC(C)CC(=O)O. The number of amides is 2. The van der Waals surface area contributed by atoms with E-state index in [2.05, 4.69) is 5.32 Å². The average molecular weight is 272 g/mol. The third kappa shape index (κ3) is 9.04. The molecular weight excluding hydrogens is 248 g/mol. The summed E-state index contributed by atoms with van der Waals surface area (Å²) >= 11 is 0. The van der Waals surface area contributed by atoms with E-state index in [-0.39, 0.29) is 37.1 Å². The number of hydrogen-bond donors (Lipinski definition) is 2. The summed E-state index contributed by atoms with van der Waals surface area (Å²) in [5, 5.41) is 11.3. The second-order valence-corrected chi connectivity index (χ2v) is 5.35. The molecule has 0 aliphatic rings. The van der Waals surface area contributed by atoms with Crippen LogP contribution in [0.5, 0.6) is 0 Å². The van der Waals surface area contributed by atoms with Gasteiger partial charge in [-0.05, 0) is 11.8 Å². The van der Waals surface area contributed by atoms with Crippen LogP contribution in [0.25, 0.3) is 0 Å². The van der Waals surface area contributed by atoms with E-state index < -0.39 is 5.97 Å². The quantitative estimate of drug-likeness (QED) is 0.681. The van der Waals surface area contributed by atoms with E-state index in [1.165, 1.54) is 4.90 Å². The molecule has 6 nitrogen and oxygen atoms in total. The Hall–Kier alpha value is -1.59. The lowest BCUT2D eigenvalue weighted by Gasteiger charge is -2.19. The predicted molar refractivity (Wildman–Crippen MR) is 71.5 cm³/mol. The van der Waals surface area contributed by atoms with E-state index in [0.29, 0.717) is 12.5 Å². The number of rotatable bonds is 8. The molecule has 1 atom stereocenters. The number of carboxylic acids is 1. The predicted octanol–water partition coefficient (Wildman–Crippen LogP) is 0.718. The summed E-state index contributed by atoms with van der Waals surface area (Å²) in [6.45, 7) is 6.27. The molecule has 0 aromatic heterocycles. The minimum Gasteiger partial charge on any atom is -0.481 e. The average Bonchev–Trinajstić information content (AvgIpc) is 2.24. The molecular formula is C13H24N2O4. The van der Waals surface area contributed by atoms with Crippen molar-refractivity contribution in [2.75, 3.05) is 20.1 Å². The van der Waals surface area contributed by atoms with Gasteiger partial charge >= 0.3 is 5.97 Å². The molecule has 1 unspecified atom stereocenters. The molecule has 0 rings (SSSR count). The van der Waals surface area contributed by atoms with E-state index in [4.69, 9.17) is 5.11 Å². The Kier molecular flexibility index (Phi) is 7.79. The van der Waals surface area contributed by atoms with Gasteiger partial charge in [0.2, 0.25) is 11.8 Å². The molecule has 0 aromatic rings. The highest BCUT2D eigenvalue weighted by molar-refractivity contribution is 5.84. The zero-order chi connectivity index (χ0) is 15.0. The van der Waals surface area contributed by atoms with Crippen LogP contribution in [0.3, 0.4) is 0 Å². The Morgan fingerprint density at radius 3 is 2.21 bits per heavy atom. The molecule has 0 radical (unpaired) electrons. The van der Waals surface area contributed by atoms with Crippen molar-refractivity contribution in [3.05, 3.63) is 0 Å². The van der Waals surface area contributed by atoms with Gasteiger partial charge in [0.25, 0.3) is 0 Å². The van der Waals surface area contributed by atoms with E-state index in [1.807, 2.05) is 13.8 Å². The normalized spacial score (nSPS) is 12.1. The number of carbonyl (C=O) groups is 3. The van der Waals surface area contributed by atoms with Gasteiger partial charge in [0.15, 0.2) is 0 Å². The van der Waals surface area contributed by atoms with Crippen LogP contribution in [0.2, 0.25) is 0 Å². The fourth-order valence-electron chi connectivity index (χ4n) is 1.50. The van der Waals surface area contributed by atoms with Gasteiger partial charge in [0.05, 0.1) is 6.54 Å². The van der Waals surface area contributed by atoms with Crippen molar-refractivity contribution >= 4 is 17.8 Å². The van der Waals surface area contributed by atoms with Crippen LogP contribution >= 0.6 is 0 Å². The van der Waals surface area contributed by atoms with E-state index in [1.54, 1.807) is 14.0 Å². The van der Waals surface area contributed by atoms with Crippen molar-refractivity contribution in [2.45, 2.75) is 33.6 Å². The Bertz CT molecular complexity index is 329. The summed E-state index contributed by atoms with van der Waals surface area (Å²) < 4.78 is 0. The van der Waals surface area contributed by atoms with E-state index in [9.17, 15) is 14.4 Å². The molecule has 19 heavy (non-hydrogen) atoms. The molecule has 6 heteroatoms. The Balaban J connectivity index is 4.05. The highest BCUT2D eigenvalue weighted by Gasteiger charge is 2.17. The van der Waals surface area contributed by atoms with Gasteiger partial charge in [0.1, 0.15) is 0 Å². The first-order chi connectivity index (χ1) is 8.72. The summed E-state index contributed by atoms with van der Waals surface area (Å²) in [7, 11) is 1.55. The maximum absolute atomic E-state index is 11.8. The van der Waals surface area contributed by atoms with Crippen LogP contribution in [0.1, 0.15) is 33.6 Å². The molecule has 0 aromatic carbocycles. The molecule has 0 aliphatic carbocycles. The van der Waals surface area contributed by atoms with Crippen LogP contribution < -0.4 is 5.32 Å². The van der Waals surface area contributed by atoms with Gasteiger partial charge in [-0.2, -0.15) is 0 Å². The van der Waals surface area contributed by atoms with Crippen LogP contribution in [0.15, 0.2) is 0 Å². The van der Waals surface area contributed by atoms with Crippen LogP contribution in [-0.2, 0) is 14.4 Å². The minimum atomic E-state index is -0.919. The van der Waals surface area contributed by atoms with Gasteiger partial charge in [-0.15, -0.1) is 0 Å². The zero-order valence-corrected chi connectivity index (χ0v) is 12.1. The highest BCUT2D eigenvalue weighted by Crippen LogP contribution is 2.09. The Morgan fingerprint density at radius 1 is 1.16 bits per heavy atom. The van der Waals surface area contributed by atoms with Crippen LogP contribution in [0.4, 0.5) is 0 Å². The van der Waals surface area contributed by atoms with Crippen LogP contribution in [0, 0.1) is 11.8 Å². The lowest BCUT2D eigenvalue weighted by atomic mass is 10.0. The summed E-state index contributed by atoms with van der Waals surface area (Å²) in [6.07, 6.45) is 0.0966. The maximum Gasteiger partial charge on any atom is 0.303 e. The van der Waals surface area contributed by atoms with Crippen molar-refractivity contribution in [1.82, 2.24) is 10.2 Å². The molecule has 0 spiro atoms. The van der Waals surface area contributed by atoms with Gasteiger partial charge in [-0.25, -0.2) is 0 Å².